The van der Waals surface area contributed by atoms with E-state index in [9.17, 15) is 27.7 Å². The van der Waals surface area contributed by atoms with Crippen molar-refractivity contribution in [1.29, 1.82) is 0 Å². The number of piperidine rings is 1. The van der Waals surface area contributed by atoms with E-state index in [4.69, 9.17) is 23.8 Å². The van der Waals surface area contributed by atoms with Crippen LogP contribution >= 0.6 is 23.8 Å². The van der Waals surface area contributed by atoms with Crippen molar-refractivity contribution in [1.82, 2.24) is 9.80 Å². The van der Waals surface area contributed by atoms with Crippen molar-refractivity contribution in [3.8, 4) is 0 Å². The van der Waals surface area contributed by atoms with E-state index >= 15 is 0 Å². The highest BCUT2D eigenvalue weighted by atomic mass is 35.5. The van der Waals surface area contributed by atoms with Crippen LogP contribution in [0.5, 0.6) is 0 Å². The number of piperazine rings is 1. The molecule has 2 heterocycles. The molecule has 2 aromatic rings. The summed E-state index contributed by atoms with van der Waals surface area (Å²) in [7, 11) is 0. The molecular formula is C26H32ClF4N5O2S. The van der Waals surface area contributed by atoms with Gasteiger partial charge >= 0.3 is 6.18 Å². The smallest absolute Gasteiger partial charge is 0.382 e. The summed E-state index contributed by atoms with van der Waals surface area (Å²) in [5, 5.41) is 14.4. The molecular weight excluding hydrogens is 558 g/mol. The Balaban J connectivity index is 0.00000420. The molecule has 0 aromatic heterocycles. The first-order valence-electron chi connectivity index (χ1n) is 12.3. The first-order valence-corrected chi connectivity index (χ1v) is 13.1. The third kappa shape index (κ3) is 7.92. The van der Waals surface area contributed by atoms with Crippen LogP contribution in [0.3, 0.4) is 0 Å². The van der Waals surface area contributed by atoms with Gasteiger partial charge in [0.2, 0.25) is 0 Å². The molecule has 0 atom stereocenters. The minimum Gasteiger partial charge on any atom is -0.382 e. The van der Waals surface area contributed by atoms with Crippen molar-refractivity contribution >= 4 is 45.9 Å². The summed E-state index contributed by atoms with van der Waals surface area (Å²) >= 11 is 11.5. The van der Waals surface area contributed by atoms with Gasteiger partial charge in [-0.15, -0.1) is 0 Å². The van der Waals surface area contributed by atoms with E-state index in [2.05, 4.69) is 15.1 Å². The lowest BCUT2D eigenvalue weighted by atomic mass is 10.0. The van der Waals surface area contributed by atoms with Crippen LogP contribution in [0.25, 0.3) is 0 Å². The molecule has 0 amide bonds. The van der Waals surface area contributed by atoms with Gasteiger partial charge in [0, 0.05) is 75.1 Å². The Hall–Kier alpha value is -2.70. The minimum atomic E-state index is -4.81. The zero-order valence-corrected chi connectivity index (χ0v) is 22.1. The molecule has 13 heteroatoms. The minimum absolute atomic E-state index is 0. The molecule has 4 rings (SSSR count). The Morgan fingerprint density at radius 2 is 1.74 bits per heavy atom. The maximum atomic E-state index is 14.2. The van der Waals surface area contributed by atoms with E-state index in [-0.39, 0.29) is 25.0 Å². The lowest BCUT2D eigenvalue weighted by Crippen LogP contribution is -2.48. The summed E-state index contributed by atoms with van der Waals surface area (Å²) in [5.41, 5.74) is -1.45. The fourth-order valence-corrected chi connectivity index (χ4v) is 5.32. The number of thiocarbonyl (C=S) groups is 1. The van der Waals surface area contributed by atoms with Gasteiger partial charge in [-0.05, 0) is 43.2 Å². The van der Waals surface area contributed by atoms with Crippen LogP contribution in [0.4, 0.5) is 34.6 Å². The van der Waals surface area contributed by atoms with Gasteiger partial charge in [-0.25, -0.2) is 4.39 Å². The van der Waals surface area contributed by atoms with E-state index in [1.54, 1.807) is 12.1 Å². The number of nitrogens with one attached hydrogen (secondary N) is 1. The number of anilines is 2. The number of hydrogen-bond donors (Lipinski definition) is 1. The number of rotatable bonds is 7. The molecule has 214 valence electrons. The van der Waals surface area contributed by atoms with Crippen molar-refractivity contribution in [2.24, 2.45) is 0 Å². The van der Waals surface area contributed by atoms with Crippen molar-refractivity contribution in [3.63, 3.8) is 0 Å². The average molecular weight is 590 g/mol. The quantitative estimate of drug-likeness (QED) is 0.172. The zero-order valence-electron chi connectivity index (χ0n) is 20.5. The number of likely N-dealkylation sites (tertiary alicyclic amines) is 1. The summed E-state index contributed by atoms with van der Waals surface area (Å²) < 4.78 is 54.0. The summed E-state index contributed by atoms with van der Waals surface area (Å²) in [6, 6.07) is 7.67. The number of benzene rings is 2. The third-order valence-electron chi connectivity index (χ3n) is 6.98. The van der Waals surface area contributed by atoms with E-state index in [0.717, 1.165) is 43.2 Å². The molecule has 0 radical (unpaired) electrons. The van der Waals surface area contributed by atoms with Gasteiger partial charge in [0.05, 0.1) is 15.6 Å². The molecule has 0 aliphatic carbocycles. The number of hydrogen-bond acceptors (Lipinski definition) is 6. The average Bonchev–Trinajstić information content (AvgIpc) is 2.87. The van der Waals surface area contributed by atoms with E-state index in [1.807, 2.05) is 4.90 Å². The molecule has 2 aliphatic heterocycles. The summed E-state index contributed by atoms with van der Waals surface area (Å²) in [6.07, 6.45) is -2.72. The number of alkyl halides is 3. The second kappa shape index (κ2) is 13.1. The predicted molar refractivity (Wildman–Crippen MR) is 150 cm³/mol. The van der Waals surface area contributed by atoms with E-state index < -0.39 is 22.4 Å². The van der Waals surface area contributed by atoms with Crippen molar-refractivity contribution in [2.75, 3.05) is 56.0 Å². The highest BCUT2D eigenvalue weighted by molar-refractivity contribution is 7.80. The molecule has 39 heavy (non-hydrogen) atoms. The van der Waals surface area contributed by atoms with Gasteiger partial charge in [-0.1, -0.05) is 31.2 Å². The van der Waals surface area contributed by atoms with Gasteiger partial charge in [-0.3, -0.25) is 15.0 Å². The fourth-order valence-electron chi connectivity index (χ4n) is 4.88. The summed E-state index contributed by atoms with van der Waals surface area (Å²) in [5.74, 6) is -0.320. The molecule has 2 aromatic carbocycles. The monoisotopic (exact) mass is 589 g/mol. The molecule has 1 N–H and O–H groups in total. The van der Waals surface area contributed by atoms with E-state index in [1.165, 1.54) is 12.1 Å². The normalized spacial score (nSPS) is 17.1. The topological polar surface area (TPSA) is 64.9 Å². The van der Waals surface area contributed by atoms with E-state index in [0.29, 0.717) is 49.7 Å². The van der Waals surface area contributed by atoms with Crippen LogP contribution < -0.4 is 10.2 Å². The molecule has 7 nitrogen and oxygen atoms in total. The van der Waals surface area contributed by atoms with Crippen LogP contribution in [0.1, 0.15) is 32.3 Å². The Morgan fingerprint density at radius 1 is 1.08 bits per heavy atom. The molecule has 0 unspecified atom stereocenters. The highest BCUT2D eigenvalue weighted by Crippen LogP contribution is 2.38. The standard InChI is InChI=1S/C25H28ClF4N5O2S.CH4/c26-17-1-3-23(21(27)15-17)33-13-11-32(12-14-33)8-7-24(38)34-9-5-18(6-10-34)31-19-2-4-22(35(36)37)20(16-19)25(28,29)30;/h1-4,15-16,18,31H,5-14H2;1H4. The van der Waals surface area contributed by atoms with Gasteiger partial charge in [0.25, 0.3) is 5.69 Å². The first kappa shape index (κ1) is 30.8. The second-order valence-corrected chi connectivity index (χ2v) is 10.4. The molecule has 0 bridgehead atoms. The number of nitro benzene ring substituents is 1. The second-order valence-electron chi connectivity index (χ2n) is 9.46. The Labute approximate surface area is 235 Å². The van der Waals surface area contributed by atoms with Gasteiger partial charge < -0.3 is 15.1 Å². The number of halogens is 5. The van der Waals surface area contributed by atoms with Crippen LogP contribution in [-0.4, -0.2) is 71.6 Å². The molecule has 2 fully saturated rings. The fraction of sp³-hybridized carbons (Fsp3) is 0.500. The molecule has 0 saturated carbocycles. The molecule has 2 aliphatic rings. The maximum absolute atomic E-state index is 14.2. The van der Waals surface area contributed by atoms with Crippen LogP contribution in [0.2, 0.25) is 5.02 Å². The summed E-state index contributed by atoms with van der Waals surface area (Å²) in [6.45, 7) is 5.18. The largest absolute Gasteiger partial charge is 0.423 e. The van der Waals surface area contributed by atoms with Crippen LogP contribution in [0.15, 0.2) is 36.4 Å². The van der Waals surface area contributed by atoms with Gasteiger partial charge in [0.1, 0.15) is 11.4 Å². The summed E-state index contributed by atoms with van der Waals surface area (Å²) in [4.78, 5) is 17.2. The SMILES string of the molecule is C.O=[N+]([O-])c1ccc(NC2CCN(C(=S)CCN3CCN(c4ccc(Cl)cc4F)CC3)CC2)cc1C(F)(F)F. The lowest BCUT2D eigenvalue weighted by Gasteiger charge is -2.38. The number of nitro groups is 1. The Morgan fingerprint density at radius 3 is 2.33 bits per heavy atom. The molecule has 2 saturated heterocycles. The van der Waals surface area contributed by atoms with Crippen molar-refractivity contribution in [3.05, 3.63) is 62.9 Å². The Bertz CT molecular complexity index is 1170. The Kier molecular flexibility index (Phi) is 10.4. The molecule has 0 spiro atoms. The predicted octanol–water partition coefficient (Wildman–Crippen LogP) is 6.46. The van der Waals surface area contributed by atoms with Gasteiger partial charge in [0.15, 0.2) is 0 Å². The zero-order chi connectivity index (χ0) is 27.4. The number of nitrogens with zero attached hydrogens (tertiary/aromatic N) is 4. The van der Waals surface area contributed by atoms with Crippen LogP contribution in [-0.2, 0) is 6.18 Å². The van der Waals surface area contributed by atoms with Crippen LogP contribution in [0, 0.1) is 15.9 Å². The van der Waals surface area contributed by atoms with Crippen molar-refractivity contribution < 1.29 is 22.5 Å². The van der Waals surface area contributed by atoms with Gasteiger partial charge in [-0.2, -0.15) is 13.2 Å². The highest BCUT2D eigenvalue weighted by Gasteiger charge is 2.38. The van der Waals surface area contributed by atoms with Crippen molar-refractivity contribution in [2.45, 2.75) is 38.9 Å². The lowest BCUT2D eigenvalue weighted by molar-refractivity contribution is -0.388. The third-order valence-corrected chi connectivity index (χ3v) is 7.68. The maximum Gasteiger partial charge on any atom is 0.423 e. The first-order chi connectivity index (χ1) is 18.0.